The summed E-state index contributed by atoms with van der Waals surface area (Å²) in [6.07, 6.45) is 1.53. The summed E-state index contributed by atoms with van der Waals surface area (Å²) in [5.41, 5.74) is 10.5. The van der Waals surface area contributed by atoms with Crippen LogP contribution in [0.3, 0.4) is 0 Å². The molecule has 1 aliphatic heterocycles. The molecular weight excluding hydrogens is 370 g/mol. The molecule has 7 heteroatoms. The lowest BCUT2D eigenvalue weighted by Gasteiger charge is -2.09. The maximum Gasteiger partial charge on any atom is 0.411 e. The minimum Gasteiger partial charge on any atom is -0.463 e. The van der Waals surface area contributed by atoms with Gasteiger partial charge in [-0.25, -0.2) is 14.6 Å². The third kappa shape index (κ3) is 5.01. The number of hydrogen-bond donors (Lipinski definition) is 2. The Morgan fingerprint density at radius 3 is 2.41 bits per heavy atom. The molecule has 0 saturated carbocycles. The van der Waals surface area contributed by atoms with Gasteiger partial charge >= 0.3 is 12.1 Å². The molecule has 0 bridgehead atoms. The Labute approximate surface area is 169 Å². The number of esters is 1. The number of nitrogens with one attached hydrogen (secondary N) is 1. The average molecular weight is 393 g/mol. The highest BCUT2D eigenvalue weighted by Crippen LogP contribution is 2.32. The first-order valence-electron chi connectivity index (χ1n) is 9.39. The number of fused-ring (bicyclic) bond motifs is 1. The molecule has 2 aromatic carbocycles. The number of amides is 1. The molecule has 2 aromatic rings. The summed E-state index contributed by atoms with van der Waals surface area (Å²) in [4.78, 5) is 28.1. The molecule has 0 aromatic heterocycles. The van der Waals surface area contributed by atoms with Gasteiger partial charge in [-0.05, 0) is 55.3 Å². The molecule has 1 heterocycles. The van der Waals surface area contributed by atoms with E-state index in [1.807, 2.05) is 30.3 Å². The molecule has 1 aliphatic rings. The number of ether oxygens (including phenoxy) is 2. The molecule has 0 saturated heterocycles. The van der Waals surface area contributed by atoms with E-state index in [-0.39, 0.29) is 6.42 Å². The molecule has 0 aliphatic carbocycles. The van der Waals surface area contributed by atoms with Gasteiger partial charge in [0, 0.05) is 23.2 Å². The van der Waals surface area contributed by atoms with E-state index in [0.29, 0.717) is 36.0 Å². The molecular formula is C22H23N3O4. The van der Waals surface area contributed by atoms with Crippen molar-refractivity contribution in [1.82, 2.24) is 0 Å². The first-order valence-corrected chi connectivity index (χ1v) is 9.39. The smallest absolute Gasteiger partial charge is 0.411 e. The van der Waals surface area contributed by atoms with Gasteiger partial charge in [0.2, 0.25) is 0 Å². The van der Waals surface area contributed by atoms with Crippen LogP contribution in [0.5, 0.6) is 0 Å². The minimum atomic E-state index is -0.489. The summed E-state index contributed by atoms with van der Waals surface area (Å²) in [6.45, 7) is 4.12. The third-order valence-corrected chi connectivity index (χ3v) is 4.27. The molecule has 0 unspecified atom stereocenters. The van der Waals surface area contributed by atoms with E-state index in [0.717, 1.165) is 16.7 Å². The number of nitrogens with zero attached hydrogens (tertiary/aromatic N) is 1. The Morgan fingerprint density at radius 2 is 1.72 bits per heavy atom. The van der Waals surface area contributed by atoms with E-state index in [1.54, 1.807) is 32.1 Å². The summed E-state index contributed by atoms with van der Waals surface area (Å²) in [6, 6.07) is 13.1. The maximum absolute atomic E-state index is 12.2. The number of anilines is 1. The van der Waals surface area contributed by atoms with Gasteiger partial charge in [0.15, 0.2) is 0 Å². The predicted octanol–water partition coefficient (Wildman–Crippen LogP) is 4.26. The van der Waals surface area contributed by atoms with Gasteiger partial charge in [0.25, 0.3) is 0 Å². The summed E-state index contributed by atoms with van der Waals surface area (Å²) in [5, 5.41) is 2.66. The van der Waals surface area contributed by atoms with E-state index in [4.69, 9.17) is 15.2 Å². The van der Waals surface area contributed by atoms with E-state index in [9.17, 15) is 9.59 Å². The molecule has 29 heavy (non-hydrogen) atoms. The molecule has 0 fully saturated rings. The number of carbonyl (C=O) groups is 2. The third-order valence-electron chi connectivity index (χ3n) is 4.27. The van der Waals surface area contributed by atoms with Crippen LogP contribution in [0.4, 0.5) is 16.2 Å². The lowest BCUT2D eigenvalue weighted by molar-refractivity contribution is -0.138. The van der Waals surface area contributed by atoms with Crippen LogP contribution >= 0.6 is 0 Å². The fraction of sp³-hybridized carbons (Fsp3) is 0.227. The fourth-order valence-corrected chi connectivity index (χ4v) is 2.97. The second-order valence-corrected chi connectivity index (χ2v) is 6.37. The summed E-state index contributed by atoms with van der Waals surface area (Å²) < 4.78 is 9.99. The van der Waals surface area contributed by atoms with E-state index >= 15 is 0 Å². The van der Waals surface area contributed by atoms with Crippen molar-refractivity contribution in [3.05, 3.63) is 53.6 Å². The molecule has 7 nitrogen and oxygen atoms in total. The molecule has 0 atom stereocenters. The van der Waals surface area contributed by atoms with Crippen LogP contribution in [-0.2, 0) is 14.3 Å². The van der Waals surface area contributed by atoms with Crippen LogP contribution in [-0.4, -0.2) is 31.1 Å². The van der Waals surface area contributed by atoms with Crippen LogP contribution in [0.25, 0.3) is 17.2 Å². The van der Waals surface area contributed by atoms with E-state index in [2.05, 4.69) is 10.3 Å². The molecule has 3 rings (SSSR count). The first-order chi connectivity index (χ1) is 14.0. The number of nitrogens with two attached hydrogens (primary N) is 1. The maximum atomic E-state index is 12.2. The Balaban J connectivity index is 1.89. The van der Waals surface area contributed by atoms with Gasteiger partial charge < -0.3 is 15.2 Å². The lowest BCUT2D eigenvalue weighted by atomic mass is 10.00. The van der Waals surface area contributed by atoms with Gasteiger partial charge in [-0.2, -0.15) is 0 Å². The lowest BCUT2D eigenvalue weighted by Crippen LogP contribution is -2.16. The topological polar surface area (TPSA) is 103 Å². The van der Waals surface area contributed by atoms with Crippen LogP contribution in [0, 0.1) is 0 Å². The molecule has 0 spiro atoms. The molecule has 3 N–H and O–H groups in total. The second-order valence-electron chi connectivity index (χ2n) is 6.37. The largest absolute Gasteiger partial charge is 0.463 e. The van der Waals surface area contributed by atoms with Crippen LogP contribution in [0.2, 0.25) is 0 Å². The van der Waals surface area contributed by atoms with Crippen molar-refractivity contribution in [3.63, 3.8) is 0 Å². The quantitative estimate of drug-likeness (QED) is 0.739. The summed E-state index contributed by atoms with van der Waals surface area (Å²) >= 11 is 0. The van der Waals surface area contributed by atoms with Crippen molar-refractivity contribution >= 4 is 35.3 Å². The SMILES string of the molecule is CCOC(=O)Nc1ccc(-c2ccc3c(c2)C=C(C(=O)OCC)CC(N)=N3)cc1. The zero-order valence-corrected chi connectivity index (χ0v) is 16.4. The van der Waals surface area contributed by atoms with Crippen LogP contribution in [0.1, 0.15) is 25.8 Å². The van der Waals surface area contributed by atoms with Crippen LogP contribution < -0.4 is 11.1 Å². The van der Waals surface area contributed by atoms with Crippen molar-refractivity contribution in [2.45, 2.75) is 20.3 Å². The van der Waals surface area contributed by atoms with Gasteiger partial charge in [0.05, 0.1) is 18.9 Å². The Morgan fingerprint density at radius 1 is 1.03 bits per heavy atom. The highest BCUT2D eigenvalue weighted by Gasteiger charge is 2.17. The zero-order chi connectivity index (χ0) is 20.8. The standard InChI is InChI=1S/C22H23N3O4/c1-3-28-21(26)17-12-16-11-15(7-10-19(16)25-20(23)13-17)14-5-8-18(9-6-14)24-22(27)29-4-2/h5-12H,3-4,13H2,1-2H3,(H2,23,25)(H,24,27). The highest BCUT2D eigenvalue weighted by molar-refractivity contribution is 6.03. The molecule has 150 valence electrons. The van der Waals surface area contributed by atoms with Crippen molar-refractivity contribution in [3.8, 4) is 11.1 Å². The number of carbonyl (C=O) groups excluding carboxylic acids is 2. The number of rotatable bonds is 5. The van der Waals surface area contributed by atoms with E-state index < -0.39 is 12.1 Å². The second kappa shape index (κ2) is 9.05. The Kier molecular flexibility index (Phi) is 6.29. The first kappa shape index (κ1) is 20.1. The van der Waals surface area contributed by atoms with Gasteiger partial charge in [-0.15, -0.1) is 0 Å². The normalized spacial score (nSPS) is 12.8. The Hall–Kier alpha value is -3.61. The minimum absolute atomic E-state index is 0.247. The summed E-state index contributed by atoms with van der Waals surface area (Å²) in [5.74, 6) is -0.0245. The molecule has 0 radical (unpaired) electrons. The van der Waals surface area contributed by atoms with Crippen molar-refractivity contribution < 1.29 is 19.1 Å². The number of benzene rings is 2. The fourth-order valence-electron chi connectivity index (χ4n) is 2.97. The number of hydrogen-bond acceptors (Lipinski definition) is 6. The predicted molar refractivity (Wildman–Crippen MR) is 113 cm³/mol. The van der Waals surface area contributed by atoms with Crippen LogP contribution in [0.15, 0.2) is 53.0 Å². The highest BCUT2D eigenvalue weighted by atomic mass is 16.5. The summed E-state index contributed by atoms with van der Waals surface area (Å²) in [7, 11) is 0. The van der Waals surface area contributed by atoms with E-state index in [1.165, 1.54) is 0 Å². The monoisotopic (exact) mass is 393 g/mol. The molecule has 1 amide bonds. The zero-order valence-electron chi connectivity index (χ0n) is 16.4. The Bertz CT molecular complexity index is 978. The van der Waals surface area contributed by atoms with Gasteiger partial charge in [-0.1, -0.05) is 18.2 Å². The van der Waals surface area contributed by atoms with Crippen molar-refractivity contribution in [2.24, 2.45) is 10.7 Å². The van der Waals surface area contributed by atoms with Gasteiger partial charge in [-0.3, -0.25) is 5.32 Å². The van der Waals surface area contributed by atoms with Crippen molar-refractivity contribution in [1.29, 1.82) is 0 Å². The number of aliphatic imine (C=N–C) groups is 1. The number of amidine groups is 1. The van der Waals surface area contributed by atoms with Gasteiger partial charge in [0.1, 0.15) is 5.84 Å². The average Bonchev–Trinajstić information content (AvgIpc) is 2.86. The van der Waals surface area contributed by atoms with Crippen molar-refractivity contribution in [2.75, 3.05) is 18.5 Å².